The van der Waals surface area contributed by atoms with Crippen molar-refractivity contribution in [2.75, 3.05) is 0 Å². The third-order valence-electron chi connectivity index (χ3n) is 3.70. The Balaban J connectivity index is 2.15. The summed E-state index contributed by atoms with van der Waals surface area (Å²) in [6.45, 7) is 4.08. The van der Waals surface area contributed by atoms with Gasteiger partial charge in [-0.05, 0) is 49.4 Å². The molecule has 3 nitrogen and oxygen atoms in total. The Morgan fingerprint density at radius 3 is 2.68 bits per heavy atom. The minimum atomic E-state index is -3.39. The first-order valence-electron chi connectivity index (χ1n) is 6.67. The summed E-state index contributed by atoms with van der Waals surface area (Å²) in [6.07, 6.45) is 4.19. The van der Waals surface area contributed by atoms with Crippen LogP contribution in [-0.2, 0) is 10.0 Å². The van der Waals surface area contributed by atoms with Gasteiger partial charge in [-0.15, -0.1) is 0 Å². The quantitative estimate of drug-likeness (QED) is 0.909. The van der Waals surface area contributed by atoms with E-state index in [2.05, 4.69) is 27.6 Å². The largest absolute Gasteiger partial charge is 0.240 e. The molecule has 1 aromatic carbocycles. The Labute approximate surface area is 124 Å². The molecule has 1 aromatic rings. The summed E-state index contributed by atoms with van der Waals surface area (Å²) in [5, 5.41) is 0. The van der Waals surface area contributed by atoms with Gasteiger partial charge in [0.05, 0.1) is 4.90 Å². The van der Waals surface area contributed by atoms with Gasteiger partial charge in [-0.2, -0.15) is 0 Å². The summed E-state index contributed by atoms with van der Waals surface area (Å²) < 4.78 is 28.5. The lowest BCUT2D eigenvalue weighted by Crippen LogP contribution is -2.37. The van der Waals surface area contributed by atoms with Crippen LogP contribution in [0.1, 0.15) is 38.2 Å². The summed E-state index contributed by atoms with van der Waals surface area (Å²) in [6, 6.07) is 5.22. The second-order valence-corrected chi connectivity index (χ2v) is 8.07. The molecule has 0 heterocycles. The number of benzene rings is 1. The van der Waals surface area contributed by atoms with Crippen molar-refractivity contribution in [2.24, 2.45) is 5.92 Å². The zero-order valence-electron chi connectivity index (χ0n) is 11.3. The monoisotopic (exact) mass is 345 g/mol. The second-order valence-electron chi connectivity index (χ2n) is 5.50. The van der Waals surface area contributed by atoms with Crippen molar-refractivity contribution in [1.82, 2.24) is 4.72 Å². The lowest BCUT2D eigenvalue weighted by Gasteiger charge is -2.27. The third-order valence-corrected chi connectivity index (χ3v) is 6.11. The lowest BCUT2D eigenvalue weighted by molar-refractivity contribution is 0.327. The van der Waals surface area contributed by atoms with E-state index < -0.39 is 10.0 Å². The molecule has 0 aromatic heterocycles. The fourth-order valence-electron chi connectivity index (χ4n) is 2.61. The molecule has 5 heteroatoms. The van der Waals surface area contributed by atoms with E-state index in [1.165, 1.54) is 6.42 Å². The molecule has 19 heavy (non-hydrogen) atoms. The first-order chi connectivity index (χ1) is 8.88. The number of nitrogens with one attached hydrogen (secondary N) is 1. The highest BCUT2D eigenvalue weighted by Gasteiger charge is 2.24. The molecule has 2 unspecified atom stereocenters. The zero-order chi connectivity index (χ0) is 14.0. The molecule has 2 rings (SSSR count). The topological polar surface area (TPSA) is 46.2 Å². The standard InChI is InChI=1S/C14H20BrNO2S/c1-10-4-3-5-12(8-10)16-19(17,18)13-6-7-14(15)11(2)9-13/h6-7,9-10,12,16H,3-5,8H2,1-2H3. The van der Waals surface area contributed by atoms with Crippen LogP contribution in [0.15, 0.2) is 27.6 Å². The summed E-state index contributed by atoms with van der Waals surface area (Å²) >= 11 is 3.39. The molecular weight excluding hydrogens is 326 g/mol. The molecular formula is C14H20BrNO2S. The summed E-state index contributed by atoms with van der Waals surface area (Å²) in [5.41, 5.74) is 0.930. The molecule has 0 saturated heterocycles. The number of hydrogen-bond donors (Lipinski definition) is 1. The van der Waals surface area contributed by atoms with E-state index in [4.69, 9.17) is 0 Å². The summed E-state index contributed by atoms with van der Waals surface area (Å²) in [5.74, 6) is 0.605. The molecule has 0 radical (unpaired) electrons. The lowest BCUT2D eigenvalue weighted by atomic mass is 9.88. The molecule has 0 bridgehead atoms. The summed E-state index contributed by atoms with van der Waals surface area (Å²) in [7, 11) is -3.39. The summed E-state index contributed by atoms with van der Waals surface area (Å²) in [4.78, 5) is 0.353. The van der Waals surface area contributed by atoms with Gasteiger partial charge in [0.1, 0.15) is 0 Å². The maximum atomic E-state index is 12.3. The Morgan fingerprint density at radius 2 is 2.05 bits per heavy atom. The van der Waals surface area contributed by atoms with Gasteiger partial charge in [0.25, 0.3) is 0 Å². The van der Waals surface area contributed by atoms with Crippen LogP contribution in [-0.4, -0.2) is 14.5 Å². The van der Waals surface area contributed by atoms with Crippen LogP contribution in [0.4, 0.5) is 0 Å². The first kappa shape index (κ1) is 15.0. The van der Waals surface area contributed by atoms with Crippen molar-refractivity contribution < 1.29 is 8.42 Å². The number of halogens is 1. The normalized spacial score (nSPS) is 24.4. The predicted molar refractivity (Wildman–Crippen MR) is 80.6 cm³/mol. The van der Waals surface area contributed by atoms with Gasteiger partial charge in [-0.25, -0.2) is 13.1 Å². The molecule has 0 aliphatic heterocycles. The third kappa shape index (κ3) is 3.80. The SMILES string of the molecule is Cc1cc(S(=O)(=O)NC2CCCC(C)C2)ccc1Br. The van der Waals surface area contributed by atoms with Crippen molar-refractivity contribution in [2.45, 2.75) is 50.5 Å². The number of aryl methyl sites for hydroxylation is 1. The van der Waals surface area contributed by atoms with Crippen LogP contribution in [0.3, 0.4) is 0 Å². The minimum Gasteiger partial charge on any atom is -0.208 e. The van der Waals surface area contributed by atoms with E-state index in [0.29, 0.717) is 10.8 Å². The van der Waals surface area contributed by atoms with E-state index in [1.807, 2.05) is 6.92 Å². The molecule has 2 atom stereocenters. The van der Waals surface area contributed by atoms with Gasteiger partial charge in [-0.3, -0.25) is 0 Å². The smallest absolute Gasteiger partial charge is 0.208 e. The van der Waals surface area contributed by atoms with Crippen molar-refractivity contribution in [3.8, 4) is 0 Å². The Morgan fingerprint density at radius 1 is 1.32 bits per heavy atom. The molecule has 1 saturated carbocycles. The maximum absolute atomic E-state index is 12.3. The Bertz CT molecular complexity index is 557. The van der Waals surface area contributed by atoms with Gasteiger partial charge in [0.15, 0.2) is 0 Å². The number of sulfonamides is 1. The van der Waals surface area contributed by atoms with E-state index in [0.717, 1.165) is 29.3 Å². The average molecular weight is 346 g/mol. The molecule has 1 aliphatic carbocycles. The average Bonchev–Trinajstić information content (AvgIpc) is 2.32. The van der Waals surface area contributed by atoms with Gasteiger partial charge < -0.3 is 0 Å². The van der Waals surface area contributed by atoms with Gasteiger partial charge >= 0.3 is 0 Å². The molecule has 1 aliphatic rings. The van der Waals surface area contributed by atoms with Crippen LogP contribution in [0, 0.1) is 12.8 Å². The molecule has 0 spiro atoms. The van der Waals surface area contributed by atoms with Crippen LogP contribution in [0.5, 0.6) is 0 Å². The second kappa shape index (κ2) is 5.94. The van der Waals surface area contributed by atoms with E-state index in [-0.39, 0.29) is 6.04 Å². The Kier molecular flexibility index (Phi) is 4.69. The van der Waals surface area contributed by atoms with Gasteiger partial charge in [0, 0.05) is 10.5 Å². The van der Waals surface area contributed by atoms with Crippen molar-refractivity contribution in [3.63, 3.8) is 0 Å². The van der Waals surface area contributed by atoms with Crippen LogP contribution in [0.25, 0.3) is 0 Å². The molecule has 106 valence electrons. The highest BCUT2D eigenvalue weighted by Crippen LogP contribution is 2.25. The highest BCUT2D eigenvalue weighted by atomic mass is 79.9. The van der Waals surface area contributed by atoms with Crippen molar-refractivity contribution in [1.29, 1.82) is 0 Å². The Hall–Kier alpha value is -0.390. The van der Waals surface area contributed by atoms with Gasteiger partial charge in [0.2, 0.25) is 10.0 Å². The predicted octanol–water partition coefficient (Wildman–Crippen LogP) is 3.61. The number of hydrogen-bond acceptors (Lipinski definition) is 2. The van der Waals surface area contributed by atoms with E-state index >= 15 is 0 Å². The molecule has 1 N–H and O–H groups in total. The first-order valence-corrected chi connectivity index (χ1v) is 8.94. The number of rotatable bonds is 3. The van der Waals surface area contributed by atoms with Crippen LogP contribution in [0.2, 0.25) is 0 Å². The highest BCUT2D eigenvalue weighted by molar-refractivity contribution is 9.10. The fourth-order valence-corrected chi connectivity index (χ4v) is 4.23. The van der Waals surface area contributed by atoms with E-state index in [9.17, 15) is 8.42 Å². The maximum Gasteiger partial charge on any atom is 0.240 e. The zero-order valence-corrected chi connectivity index (χ0v) is 13.7. The van der Waals surface area contributed by atoms with Crippen LogP contribution >= 0.6 is 15.9 Å². The molecule has 0 amide bonds. The van der Waals surface area contributed by atoms with Crippen LogP contribution < -0.4 is 4.72 Å². The van der Waals surface area contributed by atoms with E-state index in [1.54, 1.807) is 18.2 Å². The van der Waals surface area contributed by atoms with Crippen molar-refractivity contribution in [3.05, 3.63) is 28.2 Å². The fraction of sp³-hybridized carbons (Fsp3) is 0.571. The minimum absolute atomic E-state index is 0.0812. The van der Waals surface area contributed by atoms with Crippen molar-refractivity contribution >= 4 is 26.0 Å². The molecule has 1 fully saturated rings. The van der Waals surface area contributed by atoms with Gasteiger partial charge in [-0.1, -0.05) is 35.7 Å².